The van der Waals surface area contributed by atoms with Crippen LogP contribution in [0.4, 0.5) is 0 Å². The topological polar surface area (TPSA) is 66.6 Å². The van der Waals surface area contributed by atoms with Crippen LogP contribution in [-0.4, -0.2) is 35.6 Å². The molecule has 1 unspecified atom stereocenters. The summed E-state index contributed by atoms with van der Waals surface area (Å²) in [6.45, 7) is 5.82. The van der Waals surface area contributed by atoms with Gasteiger partial charge in [-0.05, 0) is 12.5 Å². The summed E-state index contributed by atoms with van der Waals surface area (Å²) in [7, 11) is 0. The maximum atomic E-state index is 12.4. The van der Waals surface area contributed by atoms with Gasteiger partial charge in [-0.15, -0.1) is 6.58 Å². The Morgan fingerprint density at radius 3 is 2.61 bits per heavy atom. The number of nitrogens with zero attached hydrogens (tertiary/aromatic N) is 1. The quantitative estimate of drug-likeness (QED) is 0.734. The van der Waals surface area contributed by atoms with Crippen molar-refractivity contribution in [2.45, 2.75) is 12.5 Å². The summed E-state index contributed by atoms with van der Waals surface area (Å²) in [5, 5.41) is 8.98. The molecule has 0 saturated heterocycles. The van der Waals surface area contributed by atoms with Crippen LogP contribution < -0.4 is 5.73 Å². The molecule has 3 N–H and O–H groups in total. The third-order valence-electron chi connectivity index (χ3n) is 2.82. The maximum Gasteiger partial charge on any atom is 0.247 e. The molecule has 1 atom stereocenters. The zero-order valence-corrected chi connectivity index (χ0v) is 10.7. The van der Waals surface area contributed by atoms with Crippen molar-refractivity contribution >= 4 is 5.91 Å². The largest absolute Gasteiger partial charge is 0.395 e. The number of carbonyl (C=O) groups is 1. The molecule has 0 heterocycles. The summed E-state index contributed by atoms with van der Waals surface area (Å²) in [6, 6.07) is 9.21. The van der Waals surface area contributed by atoms with Gasteiger partial charge in [-0.2, -0.15) is 0 Å². The lowest BCUT2D eigenvalue weighted by Crippen LogP contribution is -2.51. The van der Waals surface area contributed by atoms with Gasteiger partial charge in [0.15, 0.2) is 0 Å². The average Bonchev–Trinajstić information content (AvgIpc) is 2.38. The SMILES string of the molecule is C=CCN(CCO)C(=O)C(C)(N)c1ccccc1. The first kappa shape index (κ1) is 14.4. The Labute approximate surface area is 108 Å². The highest BCUT2D eigenvalue weighted by molar-refractivity contribution is 5.87. The Bertz CT molecular complexity index is 402. The Morgan fingerprint density at radius 1 is 1.50 bits per heavy atom. The Balaban J connectivity index is 2.95. The minimum atomic E-state index is -1.10. The molecule has 0 aromatic heterocycles. The van der Waals surface area contributed by atoms with Crippen LogP contribution in [0.25, 0.3) is 0 Å². The monoisotopic (exact) mass is 248 g/mol. The maximum absolute atomic E-state index is 12.4. The molecule has 0 aliphatic carbocycles. The number of rotatable bonds is 6. The summed E-state index contributed by atoms with van der Waals surface area (Å²) < 4.78 is 0. The summed E-state index contributed by atoms with van der Waals surface area (Å²) in [4.78, 5) is 13.9. The molecule has 0 bridgehead atoms. The second-order valence-electron chi connectivity index (χ2n) is 4.33. The number of amides is 1. The Hall–Kier alpha value is -1.65. The van der Waals surface area contributed by atoms with Crippen LogP contribution in [0.15, 0.2) is 43.0 Å². The fourth-order valence-electron chi connectivity index (χ4n) is 1.79. The molecule has 0 spiro atoms. The molecule has 0 aliphatic heterocycles. The van der Waals surface area contributed by atoms with Gasteiger partial charge in [-0.3, -0.25) is 4.79 Å². The standard InChI is InChI=1S/C14H20N2O2/c1-3-9-16(10-11-17)13(18)14(2,15)12-7-5-4-6-8-12/h3-8,17H,1,9-11,15H2,2H3. The van der Waals surface area contributed by atoms with Crippen LogP contribution in [-0.2, 0) is 10.3 Å². The number of carbonyl (C=O) groups excluding carboxylic acids is 1. The van der Waals surface area contributed by atoms with Gasteiger partial charge in [-0.25, -0.2) is 0 Å². The number of aliphatic hydroxyl groups excluding tert-OH is 1. The number of nitrogens with two attached hydrogens (primary N) is 1. The van der Waals surface area contributed by atoms with E-state index in [0.29, 0.717) is 6.54 Å². The fraction of sp³-hybridized carbons (Fsp3) is 0.357. The second kappa shape index (κ2) is 6.33. The van der Waals surface area contributed by atoms with Crippen molar-refractivity contribution in [3.63, 3.8) is 0 Å². The van der Waals surface area contributed by atoms with Crippen LogP contribution in [0.2, 0.25) is 0 Å². The van der Waals surface area contributed by atoms with Gasteiger partial charge in [0.25, 0.3) is 0 Å². The van der Waals surface area contributed by atoms with Crippen molar-refractivity contribution in [1.29, 1.82) is 0 Å². The number of hydrogen-bond acceptors (Lipinski definition) is 3. The van der Waals surface area contributed by atoms with Crippen molar-refractivity contribution in [3.05, 3.63) is 48.6 Å². The number of aliphatic hydroxyl groups is 1. The highest BCUT2D eigenvalue weighted by Gasteiger charge is 2.33. The molecule has 4 heteroatoms. The highest BCUT2D eigenvalue weighted by atomic mass is 16.3. The normalized spacial score (nSPS) is 13.7. The highest BCUT2D eigenvalue weighted by Crippen LogP contribution is 2.20. The van der Waals surface area contributed by atoms with Crippen LogP contribution >= 0.6 is 0 Å². The van der Waals surface area contributed by atoms with Gasteiger partial charge in [0.1, 0.15) is 5.54 Å². The van der Waals surface area contributed by atoms with Crippen LogP contribution in [0.1, 0.15) is 12.5 Å². The molecule has 4 nitrogen and oxygen atoms in total. The van der Waals surface area contributed by atoms with E-state index in [4.69, 9.17) is 10.8 Å². The van der Waals surface area contributed by atoms with Crippen LogP contribution in [0.3, 0.4) is 0 Å². The van der Waals surface area contributed by atoms with E-state index in [9.17, 15) is 4.79 Å². The molecule has 1 rings (SSSR count). The molecule has 0 fully saturated rings. The average molecular weight is 248 g/mol. The van der Waals surface area contributed by atoms with Gasteiger partial charge in [0.05, 0.1) is 6.61 Å². The van der Waals surface area contributed by atoms with Crippen LogP contribution in [0, 0.1) is 0 Å². The molecular weight excluding hydrogens is 228 g/mol. The van der Waals surface area contributed by atoms with Gasteiger partial charge in [0.2, 0.25) is 5.91 Å². The molecule has 0 radical (unpaired) electrons. The van der Waals surface area contributed by atoms with E-state index >= 15 is 0 Å². The fourth-order valence-corrected chi connectivity index (χ4v) is 1.79. The third kappa shape index (κ3) is 3.18. The summed E-state index contributed by atoms with van der Waals surface area (Å²) in [5.74, 6) is -0.220. The van der Waals surface area contributed by atoms with E-state index in [1.54, 1.807) is 13.0 Å². The third-order valence-corrected chi connectivity index (χ3v) is 2.82. The van der Waals surface area contributed by atoms with Crippen molar-refractivity contribution in [1.82, 2.24) is 4.90 Å². The molecule has 0 saturated carbocycles. The minimum absolute atomic E-state index is 0.0928. The van der Waals surface area contributed by atoms with Crippen molar-refractivity contribution in [2.75, 3.05) is 19.7 Å². The van der Waals surface area contributed by atoms with Gasteiger partial charge < -0.3 is 15.7 Å². The first-order valence-corrected chi connectivity index (χ1v) is 5.89. The lowest BCUT2D eigenvalue weighted by atomic mass is 9.91. The molecule has 1 aromatic carbocycles. The summed E-state index contributed by atoms with van der Waals surface area (Å²) in [5.41, 5.74) is 5.79. The molecule has 1 amide bonds. The summed E-state index contributed by atoms with van der Waals surface area (Å²) in [6.07, 6.45) is 1.62. The van der Waals surface area contributed by atoms with Crippen molar-refractivity contribution in [2.24, 2.45) is 5.73 Å². The zero-order valence-electron chi connectivity index (χ0n) is 10.7. The minimum Gasteiger partial charge on any atom is -0.395 e. The van der Waals surface area contributed by atoms with E-state index in [1.165, 1.54) is 4.90 Å². The zero-order chi connectivity index (χ0) is 13.6. The molecule has 1 aromatic rings. The predicted molar refractivity (Wildman–Crippen MR) is 71.8 cm³/mol. The molecule has 0 aliphatic rings. The molecule has 18 heavy (non-hydrogen) atoms. The number of hydrogen-bond donors (Lipinski definition) is 2. The lowest BCUT2D eigenvalue weighted by molar-refractivity contribution is -0.136. The van der Waals surface area contributed by atoms with E-state index < -0.39 is 5.54 Å². The molecule has 98 valence electrons. The van der Waals surface area contributed by atoms with Crippen molar-refractivity contribution in [3.8, 4) is 0 Å². The van der Waals surface area contributed by atoms with E-state index in [-0.39, 0.29) is 19.1 Å². The second-order valence-corrected chi connectivity index (χ2v) is 4.33. The van der Waals surface area contributed by atoms with E-state index in [1.807, 2.05) is 30.3 Å². The first-order valence-electron chi connectivity index (χ1n) is 5.89. The van der Waals surface area contributed by atoms with Gasteiger partial charge in [0, 0.05) is 13.1 Å². The first-order chi connectivity index (χ1) is 8.54. The summed E-state index contributed by atoms with van der Waals surface area (Å²) >= 11 is 0. The lowest BCUT2D eigenvalue weighted by Gasteiger charge is -2.31. The van der Waals surface area contributed by atoms with E-state index in [0.717, 1.165) is 5.56 Å². The predicted octanol–water partition coefficient (Wildman–Crippen LogP) is 0.867. The van der Waals surface area contributed by atoms with Gasteiger partial charge in [-0.1, -0.05) is 36.4 Å². The number of benzene rings is 1. The van der Waals surface area contributed by atoms with Crippen LogP contribution in [0.5, 0.6) is 0 Å². The smallest absolute Gasteiger partial charge is 0.247 e. The van der Waals surface area contributed by atoms with E-state index in [2.05, 4.69) is 6.58 Å². The molecular formula is C14H20N2O2. The Kier molecular flexibility index (Phi) is 5.07. The van der Waals surface area contributed by atoms with Crippen molar-refractivity contribution < 1.29 is 9.90 Å². The Morgan fingerprint density at radius 2 is 2.11 bits per heavy atom. The van der Waals surface area contributed by atoms with Gasteiger partial charge >= 0.3 is 0 Å².